The Morgan fingerprint density at radius 2 is 1.84 bits per heavy atom. The highest BCUT2D eigenvalue weighted by Crippen LogP contribution is 2.28. The topological polar surface area (TPSA) is 83.7 Å². The third-order valence-electron chi connectivity index (χ3n) is 4.16. The van der Waals surface area contributed by atoms with E-state index < -0.39 is 10.0 Å². The Morgan fingerprint density at radius 1 is 1.16 bits per heavy atom. The van der Waals surface area contributed by atoms with Crippen molar-refractivity contribution in [2.75, 3.05) is 31.9 Å². The second kappa shape index (κ2) is 6.95. The molecule has 0 radical (unpaired) electrons. The van der Waals surface area contributed by atoms with Gasteiger partial charge in [0.2, 0.25) is 0 Å². The number of thiophene rings is 1. The fourth-order valence-electron chi connectivity index (χ4n) is 2.74. The minimum Gasteiger partial charge on any atom is -0.399 e. The van der Waals surface area contributed by atoms with Crippen molar-refractivity contribution >= 4 is 44.6 Å². The number of anilines is 1. The summed E-state index contributed by atoms with van der Waals surface area (Å²) in [5, 5.41) is 0. The van der Waals surface area contributed by atoms with E-state index in [4.69, 9.17) is 17.3 Å². The van der Waals surface area contributed by atoms with Crippen LogP contribution in [0.15, 0.2) is 34.5 Å². The summed E-state index contributed by atoms with van der Waals surface area (Å²) in [4.78, 5) is 14.4. The number of hydrogen-bond acceptors (Lipinski definition) is 5. The molecule has 1 aliphatic heterocycles. The average molecular weight is 400 g/mol. The van der Waals surface area contributed by atoms with Gasteiger partial charge in [0.25, 0.3) is 15.9 Å². The summed E-state index contributed by atoms with van der Waals surface area (Å²) in [7, 11) is -3.56. The van der Waals surface area contributed by atoms with Gasteiger partial charge in [0.05, 0.1) is 4.34 Å². The van der Waals surface area contributed by atoms with Crippen LogP contribution in [-0.2, 0) is 10.0 Å². The van der Waals surface area contributed by atoms with Crippen molar-refractivity contribution in [3.8, 4) is 0 Å². The molecule has 3 rings (SSSR count). The third-order valence-corrected chi connectivity index (χ3v) is 7.76. The van der Waals surface area contributed by atoms with Crippen LogP contribution in [0.2, 0.25) is 4.34 Å². The van der Waals surface area contributed by atoms with Gasteiger partial charge in [-0.2, -0.15) is 4.31 Å². The molecule has 134 valence electrons. The zero-order chi connectivity index (χ0) is 18.2. The van der Waals surface area contributed by atoms with Gasteiger partial charge in [-0.1, -0.05) is 17.7 Å². The number of rotatable bonds is 3. The minimum atomic E-state index is -3.56. The molecule has 1 fully saturated rings. The van der Waals surface area contributed by atoms with Crippen LogP contribution in [0.5, 0.6) is 0 Å². The number of amides is 1. The molecule has 1 amide bonds. The van der Waals surface area contributed by atoms with E-state index in [9.17, 15) is 13.2 Å². The highest BCUT2D eigenvalue weighted by Gasteiger charge is 2.31. The summed E-state index contributed by atoms with van der Waals surface area (Å²) < 4.78 is 27.3. The maximum absolute atomic E-state index is 12.7. The lowest BCUT2D eigenvalue weighted by Gasteiger charge is -2.34. The lowest BCUT2D eigenvalue weighted by atomic mass is 10.1. The van der Waals surface area contributed by atoms with E-state index in [0.29, 0.717) is 28.7 Å². The smallest absolute Gasteiger partial charge is 0.254 e. The van der Waals surface area contributed by atoms with Gasteiger partial charge in [-0.15, -0.1) is 11.3 Å². The van der Waals surface area contributed by atoms with Crippen molar-refractivity contribution in [2.24, 2.45) is 0 Å². The predicted molar refractivity (Wildman–Crippen MR) is 99.6 cm³/mol. The Balaban J connectivity index is 1.71. The first-order valence-electron chi connectivity index (χ1n) is 7.70. The van der Waals surface area contributed by atoms with Crippen LogP contribution in [0.1, 0.15) is 15.9 Å². The summed E-state index contributed by atoms with van der Waals surface area (Å²) in [5.41, 5.74) is 7.71. The molecule has 6 nitrogen and oxygen atoms in total. The Labute approximate surface area is 155 Å². The lowest BCUT2D eigenvalue weighted by molar-refractivity contribution is 0.0697. The summed E-state index contributed by atoms with van der Waals surface area (Å²) in [5.74, 6) is -0.124. The molecule has 1 aromatic carbocycles. The molecular weight excluding hydrogens is 382 g/mol. The number of carbonyl (C=O) groups is 1. The first kappa shape index (κ1) is 18.2. The molecule has 2 aromatic rings. The molecule has 0 bridgehead atoms. The van der Waals surface area contributed by atoms with Crippen LogP contribution < -0.4 is 5.73 Å². The number of nitrogens with zero attached hydrogens (tertiary/aromatic N) is 2. The monoisotopic (exact) mass is 399 g/mol. The number of carbonyl (C=O) groups excluding carboxylic acids is 1. The van der Waals surface area contributed by atoms with Gasteiger partial charge >= 0.3 is 0 Å². The van der Waals surface area contributed by atoms with Crippen LogP contribution in [-0.4, -0.2) is 49.7 Å². The van der Waals surface area contributed by atoms with Crippen molar-refractivity contribution in [3.63, 3.8) is 0 Å². The fourth-order valence-corrected chi connectivity index (χ4v) is 5.79. The largest absolute Gasteiger partial charge is 0.399 e. The van der Waals surface area contributed by atoms with Crippen LogP contribution in [0.4, 0.5) is 5.69 Å². The van der Waals surface area contributed by atoms with E-state index in [2.05, 4.69) is 0 Å². The highest BCUT2D eigenvalue weighted by atomic mass is 35.5. The lowest BCUT2D eigenvalue weighted by Crippen LogP contribution is -2.50. The van der Waals surface area contributed by atoms with Gasteiger partial charge in [0.1, 0.15) is 4.21 Å². The van der Waals surface area contributed by atoms with E-state index in [1.165, 1.54) is 10.4 Å². The number of piperazine rings is 1. The van der Waals surface area contributed by atoms with E-state index >= 15 is 0 Å². The number of benzene rings is 1. The number of hydrogen-bond donors (Lipinski definition) is 1. The zero-order valence-corrected chi connectivity index (χ0v) is 16.0. The average Bonchev–Trinajstić information content (AvgIpc) is 3.04. The van der Waals surface area contributed by atoms with Crippen molar-refractivity contribution in [2.45, 2.75) is 11.1 Å². The molecule has 0 unspecified atom stereocenters. The normalized spacial score (nSPS) is 16.2. The van der Waals surface area contributed by atoms with Crippen molar-refractivity contribution in [1.29, 1.82) is 0 Å². The molecular formula is C16H18ClN3O3S2. The van der Waals surface area contributed by atoms with Crippen LogP contribution >= 0.6 is 22.9 Å². The van der Waals surface area contributed by atoms with Gasteiger partial charge in [0.15, 0.2) is 0 Å². The first-order valence-corrected chi connectivity index (χ1v) is 10.3. The first-order chi connectivity index (χ1) is 11.8. The maximum Gasteiger partial charge on any atom is 0.254 e. The molecule has 1 saturated heterocycles. The molecule has 0 atom stereocenters. The maximum atomic E-state index is 12.7. The van der Waals surface area contributed by atoms with Crippen LogP contribution in [0.3, 0.4) is 0 Å². The zero-order valence-electron chi connectivity index (χ0n) is 13.6. The van der Waals surface area contributed by atoms with E-state index in [0.717, 1.165) is 16.9 Å². The second-order valence-electron chi connectivity index (χ2n) is 5.83. The molecule has 2 heterocycles. The number of nitrogen functional groups attached to an aromatic ring is 1. The fraction of sp³-hybridized carbons (Fsp3) is 0.312. The van der Waals surface area contributed by atoms with Gasteiger partial charge in [-0.3, -0.25) is 4.79 Å². The minimum absolute atomic E-state index is 0.124. The SMILES string of the molecule is Cc1ccc(N)cc1C(=O)N1CCN(S(=O)(=O)c2ccc(Cl)s2)CC1. The van der Waals surface area contributed by atoms with Gasteiger partial charge in [-0.05, 0) is 36.8 Å². The van der Waals surface area contributed by atoms with E-state index in [1.54, 1.807) is 23.1 Å². The molecule has 1 aromatic heterocycles. The van der Waals surface area contributed by atoms with Crippen molar-refractivity contribution < 1.29 is 13.2 Å². The second-order valence-corrected chi connectivity index (χ2v) is 9.71. The Kier molecular flexibility index (Phi) is 5.06. The quantitative estimate of drug-likeness (QED) is 0.803. The van der Waals surface area contributed by atoms with Crippen LogP contribution in [0.25, 0.3) is 0 Å². The molecule has 25 heavy (non-hydrogen) atoms. The summed E-state index contributed by atoms with van der Waals surface area (Å²) in [6.07, 6.45) is 0. The van der Waals surface area contributed by atoms with Crippen molar-refractivity contribution in [3.05, 3.63) is 45.8 Å². The highest BCUT2D eigenvalue weighted by molar-refractivity contribution is 7.91. The number of nitrogens with two attached hydrogens (primary N) is 1. The number of sulfonamides is 1. The third kappa shape index (κ3) is 3.67. The Hall–Kier alpha value is -1.61. The summed E-state index contributed by atoms with van der Waals surface area (Å²) in [6.45, 7) is 3.04. The molecule has 0 spiro atoms. The molecule has 1 aliphatic rings. The van der Waals surface area contributed by atoms with Crippen LogP contribution in [0, 0.1) is 6.92 Å². The molecule has 9 heteroatoms. The van der Waals surface area contributed by atoms with Crippen molar-refractivity contribution in [1.82, 2.24) is 9.21 Å². The Bertz CT molecular complexity index is 903. The van der Waals surface area contributed by atoms with Gasteiger partial charge < -0.3 is 10.6 Å². The van der Waals surface area contributed by atoms with Gasteiger partial charge in [0, 0.05) is 37.4 Å². The van der Waals surface area contributed by atoms with E-state index in [-0.39, 0.29) is 23.2 Å². The Morgan fingerprint density at radius 3 is 2.44 bits per heavy atom. The molecule has 0 saturated carbocycles. The van der Waals surface area contributed by atoms with E-state index in [1.807, 2.05) is 13.0 Å². The standard InChI is InChI=1S/C16H18ClN3O3S2/c1-11-2-3-12(18)10-13(11)16(21)19-6-8-20(9-7-19)25(22,23)15-5-4-14(17)24-15/h2-5,10H,6-9,18H2,1H3. The molecule has 2 N–H and O–H groups in total. The number of aryl methyl sites for hydroxylation is 1. The number of halogens is 1. The summed E-state index contributed by atoms with van der Waals surface area (Å²) in [6, 6.07) is 8.30. The molecule has 0 aliphatic carbocycles. The van der Waals surface area contributed by atoms with Gasteiger partial charge in [-0.25, -0.2) is 8.42 Å². The predicted octanol–water partition coefficient (Wildman–Crippen LogP) is 2.44. The summed E-state index contributed by atoms with van der Waals surface area (Å²) >= 11 is 6.88.